The van der Waals surface area contributed by atoms with Gasteiger partial charge in [0.25, 0.3) is 0 Å². The van der Waals surface area contributed by atoms with Crippen molar-refractivity contribution in [2.24, 2.45) is 0 Å². The Labute approximate surface area is 75.1 Å². The zero-order valence-electron chi connectivity index (χ0n) is 6.95. The van der Waals surface area contributed by atoms with Gasteiger partial charge in [-0.15, -0.1) is 0 Å². The van der Waals surface area contributed by atoms with E-state index in [2.05, 4.69) is 6.08 Å². The van der Waals surface area contributed by atoms with Crippen LogP contribution in [0.3, 0.4) is 0 Å². The van der Waals surface area contributed by atoms with Gasteiger partial charge in [-0.3, -0.25) is 0 Å². The summed E-state index contributed by atoms with van der Waals surface area (Å²) in [4.78, 5) is 0. The molecule has 3 rings (SSSR count). The zero-order chi connectivity index (χ0) is 8.84. The third kappa shape index (κ3) is 0.773. The van der Waals surface area contributed by atoms with Crippen molar-refractivity contribution in [2.45, 2.75) is 6.42 Å². The van der Waals surface area contributed by atoms with Crippen molar-refractivity contribution in [1.29, 1.82) is 0 Å². The van der Waals surface area contributed by atoms with Crippen LogP contribution in [0.5, 0.6) is 5.75 Å². The number of phenols is 1. The van der Waals surface area contributed by atoms with Gasteiger partial charge in [-0.05, 0) is 18.6 Å². The Morgan fingerprint density at radius 1 is 1.31 bits per heavy atom. The Balaban J connectivity index is 2.49. The molecule has 2 heteroatoms. The van der Waals surface area contributed by atoms with Gasteiger partial charge < -0.3 is 9.52 Å². The number of hydrogen-bond donors (Lipinski definition) is 1. The van der Waals surface area contributed by atoms with Crippen LogP contribution in [0, 0.1) is 0 Å². The van der Waals surface area contributed by atoms with Gasteiger partial charge in [-0.1, -0.05) is 18.2 Å². The molecule has 0 atom stereocenters. The van der Waals surface area contributed by atoms with Gasteiger partial charge in [0, 0.05) is 10.9 Å². The molecule has 64 valence electrons. The van der Waals surface area contributed by atoms with E-state index < -0.39 is 0 Å². The van der Waals surface area contributed by atoms with Crippen LogP contribution < -0.4 is 0 Å². The van der Waals surface area contributed by atoms with E-state index in [4.69, 9.17) is 4.42 Å². The van der Waals surface area contributed by atoms with E-state index in [9.17, 15) is 5.11 Å². The van der Waals surface area contributed by atoms with Crippen LogP contribution in [-0.4, -0.2) is 5.11 Å². The number of allylic oxidation sites excluding steroid dienone is 1. The molecular weight excluding hydrogens is 164 g/mol. The highest BCUT2D eigenvalue weighted by Crippen LogP contribution is 2.35. The van der Waals surface area contributed by atoms with Gasteiger partial charge in [0.2, 0.25) is 0 Å². The smallest absolute Gasteiger partial charge is 0.176 e. The van der Waals surface area contributed by atoms with E-state index in [1.165, 1.54) is 5.56 Å². The lowest BCUT2D eigenvalue weighted by atomic mass is 10.1. The zero-order valence-corrected chi connectivity index (χ0v) is 6.95. The number of hydrogen-bond acceptors (Lipinski definition) is 2. The third-order valence-electron chi connectivity index (χ3n) is 2.42. The van der Waals surface area contributed by atoms with Gasteiger partial charge in [0.15, 0.2) is 11.3 Å². The van der Waals surface area contributed by atoms with Gasteiger partial charge in [-0.25, -0.2) is 0 Å². The molecule has 1 aromatic carbocycles. The van der Waals surface area contributed by atoms with Crippen molar-refractivity contribution >= 4 is 17.0 Å². The molecule has 1 N–H and O–H groups in total. The first-order valence-corrected chi connectivity index (χ1v) is 4.26. The predicted octanol–water partition coefficient (Wildman–Crippen LogP) is 2.71. The maximum absolute atomic E-state index is 9.51. The summed E-state index contributed by atoms with van der Waals surface area (Å²) in [6.07, 6.45) is 4.93. The first-order valence-electron chi connectivity index (χ1n) is 4.26. The Kier molecular flexibility index (Phi) is 1.13. The summed E-state index contributed by atoms with van der Waals surface area (Å²) < 4.78 is 5.50. The summed E-state index contributed by atoms with van der Waals surface area (Å²) in [5.74, 6) is 1.11. The Morgan fingerprint density at radius 3 is 3.15 bits per heavy atom. The molecule has 0 bridgehead atoms. The van der Waals surface area contributed by atoms with E-state index in [1.807, 2.05) is 18.2 Å². The van der Waals surface area contributed by atoms with Gasteiger partial charge in [0.1, 0.15) is 5.76 Å². The fourth-order valence-corrected chi connectivity index (χ4v) is 1.80. The highest BCUT2D eigenvalue weighted by Gasteiger charge is 2.16. The monoisotopic (exact) mass is 172 g/mol. The SMILES string of the molecule is Oc1cccc2c3c(oc12)C=CC3. The van der Waals surface area contributed by atoms with Crippen molar-refractivity contribution < 1.29 is 9.52 Å². The number of aromatic hydroxyl groups is 1. The molecule has 2 aromatic rings. The molecule has 1 aromatic heterocycles. The molecule has 1 aliphatic carbocycles. The summed E-state index contributed by atoms with van der Waals surface area (Å²) in [6, 6.07) is 5.46. The summed E-state index contributed by atoms with van der Waals surface area (Å²) in [6.45, 7) is 0. The average molecular weight is 172 g/mol. The van der Waals surface area contributed by atoms with Crippen molar-refractivity contribution in [3.05, 3.63) is 35.6 Å². The molecule has 1 heterocycles. The topological polar surface area (TPSA) is 33.4 Å². The number of para-hydroxylation sites is 1. The van der Waals surface area contributed by atoms with Crippen LogP contribution in [0.4, 0.5) is 0 Å². The molecule has 0 saturated carbocycles. The molecule has 0 radical (unpaired) electrons. The molecular formula is C11H8O2. The Morgan fingerprint density at radius 2 is 2.23 bits per heavy atom. The molecule has 0 unspecified atom stereocenters. The summed E-state index contributed by atoms with van der Waals surface area (Å²) in [5.41, 5.74) is 1.79. The Hall–Kier alpha value is -1.70. The van der Waals surface area contributed by atoms with E-state index in [0.29, 0.717) is 5.58 Å². The number of phenolic OH excluding ortho intramolecular Hbond substituents is 1. The van der Waals surface area contributed by atoms with Crippen molar-refractivity contribution in [1.82, 2.24) is 0 Å². The second-order valence-electron chi connectivity index (χ2n) is 3.21. The molecule has 0 saturated heterocycles. The van der Waals surface area contributed by atoms with Crippen molar-refractivity contribution in [3.8, 4) is 5.75 Å². The summed E-state index contributed by atoms with van der Waals surface area (Å²) in [5, 5.41) is 10.5. The lowest BCUT2D eigenvalue weighted by molar-refractivity contribution is 0.464. The minimum absolute atomic E-state index is 0.223. The minimum atomic E-state index is 0.223. The standard InChI is InChI=1S/C11H8O2/c12-9-5-1-4-8-7-3-2-6-10(7)13-11(8)9/h1-2,4-6,12H,3H2. The van der Waals surface area contributed by atoms with Crippen LogP contribution >= 0.6 is 0 Å². The van der Waals surface area contributed by atoms with E-state index in [0.717, 1.165) is 17.6 Å². The van der Waals surface area contributed by atoms with Crippen LogP contribution in [0.15, 0.2) is 28.7 Å². The van der Waals surface area contributed by atoms with E-state index >= 15 is 0 Å². The molecule has 0 amide bonds. The second-order valence-corrected chi connectivity index (χ2v) is 3.21. The number of rotatable bonds is 0. The van der Waals surface area contributed by atoms with E-state index in [-0.39, 0.29) is 5.75 Å². The molecule has 0 aliphatic heterocycles. The summed E-state index contributed by atoms with van der Waals surface area (Å²) in [7, 11) is 0. The molecule has 0 spiro atoms. The predicted molar refractivity (Wildman–Crippen MR) is 50.6 cm³/mol. The quantitative estimate of drug-likeness (QED) is 0.662. The van der Waals surface area contributed by atoms with Crippen LogP contribution in [0.25, 0.3) is 17.0 Å². The third-order valence-corrected chi connectivity index (χ3v) is 2.42. The largest absolute Gasteiger partial charge is 0.504 e. The van der Waals surface area contributed by atoms with Crippen LogP contribution in [-0.2, 0) is 6.42 Å². The molecule has 1 aliphatic rings. The van der Waals surface area contributed by atoms with Crippen molar-refractivity contribution in [2.75, 3.05) is 0 Å². The number of benzene rings is 1. The highest BCUT2D eigenvalue weighted by molar-refractivity contribution is 5.90. The fraction of sp³-hybridized carbons (Fsp3) is 0.0909. The summed E-state index contributed by atoms with van der Waals surface area (Å²) >= 11 is 0. The molecule has 0 fully saturated rings. The normalized spacial score (nSPS) is 13.8. The first-order chi connectivity index (χ1) is 6.36. The minimum Gasteiger partial charge on any atom is -0.504 e. The maximum Gasteiger partial charge on any atom is 0.176 e. The Bertz CT molecular complexity index is 506. The highest BCUT2D eigenvalue weighted by atomic mass is 16.4. The van der Waals surface area contributed by atoms with Crippen molar-refractivity contribution in [3.63, 3.8) is 0 Å². The lowest BCUT2D eigenvalue weighted by Crippen LogP contribution is -1.74. The van der Waals surface area contributed by atoms with Crippen LogP contribution in [0.2, 0.25) is 0 Å². The van der Waals surface area contributed by atoms with Gasteiger partial charge in [0.05, 0.1) is 0 Å². The van der Waals surface area contributed by atoms with Crippen LogP contribution in [0.1, 0.15) is 11.3 Å². The maximum atomic E-state index is 9.51. The lowest BCUT2D eigenvalue weighted by Gasteiger charge is -1.92. The molecule has 2 nitrogen and oxygen atoms in total. The molecule has 13 heavy (non-hydrogen) atoms. The number of furan rings is 1. The van der Waals surface area contributed by atoms with Gasteiger partial charge >= 0.3 is 0 Å². The average Bonchev–Trinajstić information content (AvgIpc) is 2.65. The first kappa shape index (κ1) is 6.78. The second kappa shape index (κ2) is 2.16. The fourth-order valence-electron chi connectivity index (χ4n) is 1.80. The number of fused-ring (bicyclic) bond motifs is 3. The van der Waals surface area contributed by atoms with Gasteiger partial charge in [-0.2, -0.15) is 0 Å². The van der Waals surface area contributed by atoms with E-state index in [1.54, 1.807) is 6.07 Å².